The van der Waals surface area contributed by atoms with E-state index < -0.39 is 4.92 Å². The van der Waals surface area contributed by atoms with Crippen molar-refractivity contribution in [3.05, 3.63) is 74.8 Å². The summed E-state index contributed by atoms with van der Waals surface area (Å²) < 4.78 is 0. The van der Waals surface area contributed by atoms with E-state index in [1.54, 1.807) is 12.1 Å². The summed E-state index contributed by atoms with van der Waals surface area (Å²) in [4.78, 5) is 10.2. The van der Waals surface area contributed by atoms with Crippen LogP contribution in [0.1, 0.15) is 27.6 Å². The van der Waals surface area contributed by atoms with Gasteiger partial charge in [0.1, 0.15) is 0 Å². The maximum atomic E-state index is 10.6. The van der Waals surface area contributed by atoms with Crippen molar-refractivity contribution in [3.8, 4) is 0 Å². The second kappa shape index (κ2) is 6.06. The van der Waals surface area contributed by atoms with Crippen LogP contribution >= 0.6 is 11.6 Å². The van der Waals surface area contributed by atoms with E-state index in [-0.39, 0.29) is 11.1 Å². The molecule has 1 unspecified atom stereocenters. The van der Waals surface area contributed by atoms with Gasteiger partial charge in [0, 0.05) is 12.1 Å². The minimum Gasteiger partial charge on any atom is -0.258 e. The summed E-state index contributed by atoms with van der Waals surface area (Å²) in [6, 6.07) is 12.7. The number of nitro benzene ring substituents is 1. The van der Waals surface area contributed by atoms with Crippen LogP contribution in [0.3, 0.4) is 0 Å². The largest absolute Gasteiger partial charge is 0.269 e. The summed E-state index contributed by atoms with van der Waals surface area (Å²) in [7, 11) is 0. The molecule has 0 spiro atoms. The molecule has 0 saturated carbocycles. The Morgan fingerprint density at radius 3 is 2.40 bits per heavy atom. The van der Waals surface area contributed by atoms with Crippen molar-refractivity contribution in [2.45, 2.75) is 25.6 Å². The fraction of sp³-hybridized carbons (Fsp3) is 0.250. The number of aryl methyl sites for hydroxylation is 1. The molecule has 0 fully saturated rings. The molecule has 2 rings (SSSR count). The predicted molar refractivity (Wildman–Crippen MR) is 81.3 cm³/mol. The lowest BCUT2D eigenvalue weighted by molar-refractivity contribution is -0.384. The van der Waals surface area contributed by atoms with Crippen LogP contribution in [-0.2, 0) is 6.42 Å². The molecule has 0 N–H and O–H groups in total. The quantitative estimate of drug-likeness (QED) is 0.464. The molecule has 0 bridgehead atoms. The van der Waals surface area contributed by atoms with Crippen LogP contribution in [0.25, 0.3) is 0 Å². The third kappa shape index (κ3) is 3.17. The summed E-state index contributed by atoms with van der Waals surface area (Å²) >= 11 is 6.49. The number of non-ortho nitro benzene ring substituents is 1. The highest BCUT2D eigenvalue weighted by Crippen LogP contribution is 2.29. The van der Waals surface area contributed by atoms with Gasteiger partial charge < -0.3 is 0 Å². The fourth-order valence-electron chi connectivity index (χ4n) is 2.18. The van der Waals surface area contributed by atoms with Crippen molar-refractivity contribution in [2.75, 3.05) is 0 Å². The van der Waals surface area contributed by atoms with E-state index in [9.17, 15) is 10.1 Å². The van der Waals surface area contributed by atoms with E-state index in [1.807, 2.05) is 12.1 Å². The van der Waals surface area contributed by atoms with Crippen LogP contribution in [0.15, 0.2) is 42.5 Å². The number of nitrogens with zero attached hydrogens (tertiary/aromatic N) is 1. The van der Waals surface area contributed by atoms with Gasteiger partial charge in [0.15, 0.2) is 0 Å². The van der Waals surface area contributed by atoms with E-state index in [4.69, 9.17) is 11.6 Å². The van der Waals surface area contributed by atoms with Crippen molar-refractivity contribution < 1.29 is 4.92 Å². The van der Waals surface area contributed by atoms with Gasteiger partial charge in [0.2, 0.25) is 0 Å². The molecular formula is C16H16ClNO2. The third-order valence-electron chi connectivity index (χ3n) is 3.55. The Labute approximate surface area is 123 Å². The monoisotopic (exact) mass is 289 g/mol. The third-order valence-corrected chi connectivity index (χ3v) is 3.94. The number of hydrogen-bond acceptors (Lipinski definition) is 2. The molecular weight excluding hydrogens is 274 g/mol. The van der Waals surface area contributed by atoms with Crippen molar-refractivity contribution in [2.24, 2.45) is 0 Å². The molecule has 1 atom stereocenters. The number of rotatable bonds is 4. The maximum absolute atomic E-state index is 10.6. The van der Waals surface area contributed by atoms with E-state index in [0.717, 1.165) is 11.1 Å². The molecule has 0 radical (unpaired) electrons. The normalized spacial score (nSPS) is 12.2. The van der Waals surface area contributed by atoms with Crippen molar-refractivity contribution >= 4 is 17.3 Å². The highest BCUT2D eigenvalue weighted by molar-refractivity contribution is 6.21. The first-order chi connectivity index (χ1) is 9.49. The number of nitro groups is 1. The zero-order valence-corrected chi connectivity index (χ0v) is 12.2. The highest BCUT2D eigenvalue weighted by atomic mass is 35.5. The maximum Gasteiger partial charge on any atom is 0.269 e. The summed E-state index contributed by atoms with van der Waals surface area (Å²) in [5, 5.41) is 10.5. The molecule has 2 aromatic rings. The van der Waals surface area contributed by atoms with Crippen LogP contribution in [0.4, 0.5) is 5.69 Å². The van der Waals surface area contributed by atoms with Gasteiger partial charge in [-0.25, -0.2) is 0 Å². The lowest BCUT2D eigenvalue weighted by Gasteiger charge is -2.14. The molecule has 2 aromatic carbocycles. The first-order valence-corrected chi connectivity index (χ1v) is 6.86. The molecule has 0 aliphatic rings. The van der Waals surface area contributed by atoms with E-state index in [2.05, 4.69) is 19.9 Å². The molecule has 0 aliphatic heterocycles. The van der Waals surface area contributed by atoms with Gasteiger partial charge >= 0.3 is 0 Å². The Morgan fingerprint density at radius 1 is 1.15 bits per heavy atom. The highest BCUT2D eigenvalue weighted by Gasteiger charge is 2.13. The number of hydrogen-bond donors (Lipinski definition) is 0. The van der Waals surface area contributed by atoms with Crippen molar-refractivity contribution in [1.82, 2.24) is 0 Å². The van der Waals surface area contributed by atoms with Gasteiger partial charge in [-0.3, -0.25) is 10.1 Å². The average Bonchev–Trinajstić information content (AvgIpc) is 2.42. The molecule has 20 heavy (non-hydrogen) atoms. The Balaban J connectivity index is 2.17. The van der Waals surface area contributed by atoms with E-state index >= 15 is 0 Å². The van der Waals surface area contributed by atoms with Gasteiger partial charge in [-0.15, -0.1) is 11.6 Å². The zero-order valence-electron chi connectivity index (χ0n) is 11.5. The molecule has 0 amide bonds. The van der Waals surface area contributed by atoms with Crippen molar-refractivity contribution in [3.63, 3.8) is 0 Å². The Kier molecular flexibility index (Phi) is 4.40. The topological polar surface area (TPSA) is 43.1 Å². The van der Waals surface area contributed by atoms with Gasteiger partial charge in [-0.1, -0.05) is 30.3 Å². The average molecular weight is 290 g/mol. The van der Waals surface area contributed by atoms with Gasteiger partial charge in [0.05, 0.1) is 10.3 Å². The summed E-state index contributed by atoms with van der Waals surface area (Å²) in [5.74, 6) is 0. The van der Waals surface area contributed by atoms with Gasteiger partial charge in [-0.2, -0.15) is 0 Å². The van der Waals surface area contributed by atoms with Crippen LogP contribution in [0, 0.1) is 24.0 Å². The molecule has 4 heteroatoms. The SMILES string of the molecule is Cc1cccc(C(Cl)Cc2ccc([N+](=O)[O-])cc2)c1C. The smallest absolute Gasteiger partial charge is 0.258 e. The van der Waals surface area contributed by atoms with Gasteiger partial charge in [0.25, 0.3) is 5.69 Å². The number of benzene rings is 2. The molecule has 0 aromatic heterocycles. The summed E-state index contributed by atoms with van der Waals surface area (Å²) in [5.41, 5.74) is 4.64. The molecule has 3 nitrogen and oxygen atoms in total. The minimum absolute atomic E-state index is 0.103. The minimum atomic E-state index is -0.396. The first-order valence-electron chi connectivity index (χ1n) is 6.42. The van der Waals surface area contributed by atoms with E-state index in [0.29, 0.717) is 6.42 Å². The number of halogens is 1. The van der Waals surface area contributed by atoms with Crippen LogP contribution in [0.2, 0.25) is 0 Å². The summed E-state index contributed by atoms with van der Waals surface area (Å²) in [6.45, 7) is 4.13. The second-order valence-corrected chi connectivity index (χ2v) is 5.41. The van der Waals surface area contributed by atoms with Crippen LogP contribution < -0.4 is 0 Å². The zero-order chi connectivity index (χ0) is 14.7. The lowest BCUT2D eigenvalue weighted by atomic mass is 9.97. The first kappa shape index (κ1) is 14.5. The van der Waals surface area contributed by atoms with Crippen molar-refractivity contribution in [1.29, 1.82) is 0 Å². The van der Waals surface area contributed by atoms with E-state index in [1.165, 1.54) is 23.3 Å². The number of alkyl halides is 1. The fourth-order valence-corrected chi connectivity index (χ4v) is 2.60. The molecule has 0 saturated heterocycles. The Bertz CT molecular complexity index is 623. The van der Waals surface area contributed by atoms with Gasteiger partial charge in [-0.05, 0) is 42.5 Å². The molecule has 0 aliphatic carbocycles. The Hall–Kier alpha value is -1.87. The molecule has 0 heterocycles. The van der Waals surface area contributed by atoms with Crippen LogP contribution in [-0.4, -0.2) is 4.92 Å². The predicted octanol–water partition coefficient (Wildman–Crippen LogP) is 4.73. The summed E-state index contributed by atoms with van der Waals surface area (Å²) in [6.07, 6.45) is 0.657. The Morgan fingerprint density at radius 2 is 1.80 bits per heavy atom. The molecule has 104 valence electrons. The second-order valence-electron chi connectivity index (χ2n) is 4.88. The van der Waals surface area contributed by atoms with Crippen LogP contribution in [0.5, 0.6) is 0 Å². The standard InChI is InChI=1S/C16H16ClNO2/c1-11-4-3-5-15(12(11)2)16(17)10-13-6-8-14(9-7-13)18(19)20/h3-9,16H,10H2,1-2H3. The lowest BCUT2D eigenvalue weighted by Crippen LogP contribution is -2.00.